The summed E-state index contributed by atoms with van der Waals surface area (Å²) in [6, 6.07) is 3.44. The van der Waals surface area contributed by atoms with Gasteiger partial charge in [0, 0.05) is 18.0 Å². The van der Waals surface area contributed by atoms with Crippen LogP contribution in [0.3, 0.4) is 0 Å². The van der Waals surface area contributed by atoms with Gasteiger partial charge in [0.05, 0.1) is 6.20 Å². The van der Waals surface area contributed by atoms with E-state index in [0.29, 0.717) is 5.82 Å². The molecular formula is C9H6N4O2. The van der Waals surface area contributed by atoms with Crippen LogP contribution in [-0.4, -0.2) is 31.2 Å². The number of carboxylic acid groups (broad SMARTS) is 1. The van der Waals surface area contributed by atoms with E-state index in [9.17, 15) is 4.79 Å². The lowest BCUT2D eigenvalue weighted by molar-refractivity contribution is 0.0688. The molecule has 74 valence electrons. The number of pyridine rings is 1. The van der Waals surface area contributed by atoms with Gasteiger partial charge in [-0.2, -0.15) is 0 Å². The molecule has 0 unspecified atom stereocenters. The molecule has 0 amide bonds. The number of rotatable bonds is 2. The highest BCUT2D eigenvalue weighted by molar-refractivity contribution is 5.84. The lowest BCUT2D eigenvalue weighted by Crippen LogP contribution is -2.04. The molecule has 2 aromatic rings. The Morgan fingerprint density at radius 3 is 2.47 bits per heavy atom. The molecule has 6 nitrogen and oxygen atoms in total. The zero-order chi connectivity index (χ0) is 10.7. The summed E-state index contributed by atoms with van der Waals surface area (Å²) >= 11 is 0. The summed E-state index contributed by atoms with van der Waals surface area (Å²) in [7, 11) is 0. The molecule has 2 aromatic heterocycles. The van der Waals surface area contributed by atoms with Crippen LogP contribution >= 0.6 is 0 Å². The van der Waals surface area contributed by atoms with E-state index in [1.54, 1.807) is 24.5 Å². The van der Waals surface area contributed by atoms with E-state index in [1.165, 1.54) is 6.20 Å². The van der Waals surface area contributed by atoms with Crippen molar-refractivity contribution in [2.24, 2.45) is 0 Å². The highest BCUT2D eigenvalue weighted by atomic mass is 16.4. The fourth-order valence-electron chi connectivity index (χ4n) is 1.01. The summed E-state index contributed by atoms with van der Waals surface area (Å²) in [5.74, 6) is -0.765. The Balaban J connectivity index is 2.36. The van der Waals surface area contributed by atoms with Crippen molar-refractivity contribution in [3.8, 4) is 11.4 Å². The van der Waals surface area contributed by atoms with Gasteiger partial charge in [0.2, 0.25) is 0 Å². The summed E-state index contributed by atoms with van der Waals surface area (Å²) in [6.45, 7) is 0. The Labute approximate surface area is 84.7 Å². The molecular weight excluding hydrogens is 196 g/mol. The normalized spacial score (nSPS) is 9.87. The molecule has 0 aliphatic rings. The maximum absolute atomic E-state index is 10.5. The van der Waals surface area contributed by atoms with Gasteiger partial charge in [-0.05, 0) is 12.1 Å². The van der Waals surface area contributed by atoms with Gasteiger partial charge in [0.1, 0.15) is 0 Å². The molecule has 0 bridgehead atoms. The molecule has 1 N–H and O–H groups in total. The van der Waals surface area contributed by atoms with Crippen LogP contribution in [0, 0.1) is 0 Å². The van der Waals surface area contributed by atoms with E-state index < -0.39 is 5.97 Å². The summed E-state index contributed by atoms with van der Waals surface area (Å²) < 4.78 is 0. The van der Waals surface area contributed by atoms with Crippen molar-refractivity contribution in [1.29, 1.82) is 0 Å². The minimum Gasteiger partial charge on any atom is -0.476 e. The zero-order valence-corrected chi connectivity index (χ0v) is 7.53. The number of nitrogens with zero attached hydrogens (tertiary/aromatic N) is 4. The molecule has 6 heteroatoms. The minimum absolute atomic E-state index is 0.173. The number of carbonyl (C=O) groups is 1. The Kier molecular flexibility index (Phi) is 2.32. The Morgan fingerprint density at radius 2 is 1.93 bits per heavy atom. The Bertz CT molecular complexity index is 469. The fraction of sp³-hybridized carbons (Fsp3) is 0. The first-order valence-corrected chi connectivity index (χ1v) is 4.11. The minimum atomic E-state index is -1.14. The molecule has 0 saturated carbocycles. The number of hydrogen-bond donors (Lipinski definition) is 1. The van der Waals surface area contributed by atoms with Gasteiger partial charge in [0.25, 0.3) is 0 Å². The van der Waals surface area contributed by atoms with Crippen molar-refractivity contribution in [1.82, 2.24) is 20.2 Å². The fourth-order valence-corrected chi connectivity index (χ4v) is 1.01. The third kappa shape index (κ3) is 1.93. The molecule has 0 aliphatic carbocycles. The SMILES string of the molecule is O=C(O)c1cnc(-c2ccncc2)nn1. The molecule has 0 spiro atoms. The molecule has 0 aromatic carbocycles. The van der Waals surface area contributed by atoms with E-state index in [4.69, 9.17) is 5.11 Å². The molecule has 15 heavy (non-hydrogen) atoms. The zero-order valence-electron chi connectivity index (χ0n) is 7.53. The number of hydrogen-bond acceptors (Lipinski definition) is 5. The van der Waals surface area contributed by atoms with Gasteiger partial charge in [-0.15, -0.1) is 10.2 Å². The predicted octanol–water partition coefficient (Wildman–Crippen LogP) is 0.632. The summed E-state index contributed by atoms with van der Waals surface area (Å²) in [4.78, 5) is 18.2. The second-order valence-electron chi connectivity index (χ2n) is 2.71. The van der Waals surface area contributed by atoms with Crippen LogP contribution < -0.4 is 0 Å². The van der Waals surface area contributed by atoms with Gasteiger partial charge in [-0.25, -0.2) is 9.78 Å². The first-order chi connectivity index (χ1) is 7.27. The summed E-state index contributed by atoms with van der Waals surface area (Å²) in [6.07, 6.45) is 4.37. The van der Waals surface area contributed by atoms with Crippen molar-refractivity contribution in [3.63, 3.8) is 0 Å². The highest BCUT2D eigenvalue weighted by Crippen LogP contribution is 2.10. The first kappa shape index (κ1) is 9.20. The van der Waals surface area contributed by atoms with Crippen LogP contribution in [0.5, 0.6) is 0 Å². The van der Waals surface area contributed by atoms with Crippen LogP contribution in [0.15, 0.2) is 30.7 Å². The van der Waals surface area contributed by atoms with Crippen LogP contribution in [0.25, 0.3) is 11.4 Å². The predicted molar refractivity (Wildman–Crippen MR) is 50.0 cm³/mol. The van der Waals surface area contributed by atoms with Crippen LogP contribution in [-0.2, 0) is 0 Å². The standard InChI is InChI=1S/C9H6N4O2/c14-9(15)7-5-11-8(13-12-7)6-1-3-10-4-2-6/h1-5H,(H,14,15). The van der Waals surface area contributed by atoms with Gasteiger partial charge in [-0.1, -0.05) is 0 Å². The molecule has 0 saturated heterocycles. The van der Waals surface area contributed by atoms with Gasteiger partial charge in [0.15, 0.2) is 11.5 Å². The van der Waals surface area contributed by atoms with Gasteiger partial charge in [-0.3, -0.25) is 4.98 Å². The average molecular weight is 202 g/mol. The maximum Gasteiger partial charge on any atom is 0.358 e. The van der Waals surface area contributed by atoms with Crippen molar-refractivity contribution in [2.45, 2.75) is 0 Å². The third-order valence-electron chi connectivity index (χ3n) is 1.72. The second kappa shape index (κ2) is 3.79. The molecule has 0 radical (unpaired) electrons. The van der Waals surface area contributed by atoms with E-state index in [1.807, 2.05) is 0 Å². The van der Waals surface area contributed by atoms with E-state index in [-0.39, 0.29) is 5.69 Å². The average Bonchev–Trinajstić information content (AvgIpc) is 2.30. The third-order valence-corrected chi connectivity index (χ3v) is 1.72. The smallest absolute Gasteiger partial charge is 0.358 e. The van der Waals surface area contributed by atoms with Crippen molar-refractivity contribution in [2.75, 3.05) is 0 Å². The first-order valence-electron chi connectivity index (χ1n) is 4.11. The lowest BCUT2D eigenvalue weighted by atomic mass is 10.2. The van der Waals surface area contributed by atoms with Gasteiger partial charge >= 0.3 is 5.97 Å². The van der Waals surface area contributed by atoms with Crippen molar-refractivity contribution >= 4 is 5.97 Å². The van der Waals surface area contributed by atoms with Crippen LogP contribution in [0.4, 0.5) is 0 Å². The second-order valence-corrected chi connectivity index (χ2v) is 2.71. The molecule has 2 heterocycles. The van der Waals surface area contributed by atoms with Crippen LogP contribution in [0.2, 0.25) is 0 Å². The van der Waals surface area contributed by atoms with E-state index in [0.717, 1.165) is 5.56 Å². The van der Waals surface area contributed by atoms with E-state index in [2.05, 4.69) is 20.2 Å². The van der Waals surface area contributed by atoms with Crippen LogP contribution in [0.1, 0.15) is 10.5 Å². The molecule has 2 rings (SSSR count). The largest absolute Gasteiger partial charge is 0.476 e. The number of aromatic nitrogens is 4. The molecule has 0 atom stereocenters. The molecule has 0 fully saturated rings. The Morgan fingerprint density at radius 1 is 1.20 bits per heavy atom. The maximum atomic E-state index is 10.5. The highest BCUT2D eigenvalue weighted by Gasteiger charge is 2.07. The van der Waals surface area contributed by atoms with Crippen molar-refractivity contribution < 1.29 is 9.90 Å². The Hall–Kier alpha value is -2.37. The number of carboxylic acids is 1. The van der Waals surface area contributed by atoms with Crippen molar-refractivity contribution in [3.05, 3.63) is 36.4 Å². The quantitative estimate of drug-likeness (QED) is 0.768. The van der Waals surface area contributed by atoms with E-state index >= 15 is 0 Å². The van der Waals surface area contributed by atoms with Gasteiger partial charge < -0.3 is 5.11 Å². The summed E-state index contributed by atoms with van der Waals surface area (Å²) in [5.41, 5.74) is 0.572. The summed E-state index contributed by atoms with van der Waals surface area (Å²) in [5, 5.41) is 15.8. The topological polar surface area (TPSA) is 88.9 Å². The monoisotopic (exact) mass is 202 g/mol. The molecule has 0 aliphatic heterocycles. The lowest BCUT2D eigenvalue weighted by Gasteiger charge is -1.97. The number of aromatic carboxylic acids is 1.